The van der Waals surface area contributed by atoms with Crippen LogP contribution >= 0.6 is 0 Å². The van der Waals surface area contributed by atoms with E-state index in [0.29, 0.717) is 11.8 Å². The molecule has 22 heavy (non-hydrogen) atoms. The highest BCUT2D eigenvalue weighted by Gasteiger charge is 2.72. The summed E-state index contributed by atoms with van der Waals surface area (Å²) in [5.74, 6) is 2.66. The summed E-state index contributed by atoms with van der Waals surface area (Å²) in [5.41, 5.74) is 18.5. The van der Waals surface area contributed by atoms with Crippen molar-refractivity contribution in [2.24, 2.45) is 40.6 Å². The molecule has 4 N–H and O–H groups in total. The summed E-state index contributed by atoms with van der Waals surface area (Å²) < 4.78 is 0. The number of hydrogen-bond donors (Lipinski definition) is 2. The first-order valence-corrected chi connectivity index (χ1v) is 9.09. The third-order valence-corrected chi connectivity index (χ3v) is 7.96. The van der Waals surface area contributed by atoms with E-state index in [9.17, 15) is 0 Å². The molecule has 5 aliphatic rings. The molecular weight excluding hydrogens is 268 g/mol. The predicted molar refractivity (Wildman–Crippen MR) is 90.0 cm³/mol. The summed E-state index contributed by atoms with van der Waals surface area (Å²) in [6.45, 7) is 6.91. The van der Waals surface area contributed by atoms with Gasteiger partial charge in [-0.1, -0.05) is 37.6 Å². The van der Waals surface area contributed by atoms with E-state index in [1.54, 1.807) is 0 Å². The Morgan fingerprint density at radius 2 is 1.95 bits per heavy atom. The second-order valence-corrected chi connectivity index (χ2v) is 8.80. The SMILES string of the molecule is CCC1=CC2(N)C3C(C)C3CCC2C2(N)C=C(C)C3=CC32C1. The monoisotopic (exact) mass is 296 g/mol. The van der Waals surface area contributed by atoms with Gasteiger partial charge in [-0.15, -0.1) is 0 Å². The lowest BCUT2D eigenvalue weighted by Crippen LogP contribution is -2.64. The average Bonchev–Trinajstić information content (AvgIpc) is 3.32. The highest BCUT2D eigenvalue weighted by Crippen LogP contribution is 2.72. The molecule has 0 aromatic carbocycles. The Morgan fingerprint density at radius 1 is 1.18 bits per heavy atom. The van der Waals surface area contributed by atoms with Crippen molar-refractivity contribution in [1.82, 2.24) is 0 Å². The molecule has 0 bridgehead atoms. The second-order valence-electron chi connectivity index (χ2n) is 8.80. The van der Waals surface area contributed by atoms with Crippen LogP contribution in [0, 0.1) is 29.1 Å². The van der Waals surface area contributed by atoms with Crippen molar-refractivity contribution in [2.45, 2.75) is 57.5 Å². The van der Waals surface area contributed by atoms with Crippen LogP contribution in [0.2, 0.25) is 0 Å². The van der Waals surface area contributed by atoms with Crippen LogP contribution in [-0.4, -0.2) is 11.1 Å². The summed E-state index contributed by atoms with van der Waals surface area (Å²) in [5, 5.41) is 0. The van der Waals surface area contributed by atoms with Crippen LogP contribution in [0.5, 0.6) is 0 Å². The lowest BCUT2D eigenvalue weighted by Gasteiger charge is -2.49. The zero-order valence-corrected chi connectivity index (χ0v) is 14.0. The van der Waals surface area contributed by atoms with Crippen molar-refractivity contribution >= 4 is 0 Å². The van der Waals surface area contributed by atoms with E-state index in [1.165, 1.54) is 29.6 Å². The summed E-state index contributed by atoms with van der Waals surface area (Å²) in [7, 11) is 0. The van der Waals surface area contributed by atoms with Crippen LogP contribution < -0.4 is 11.5 Å². The third kappa shape index (κ3) is 1.24. The van der Waals surface area contributed by atoms with Crippen LogP contribution in [0.15, 0.2) is 34.9 Å². The van der Waals surface area contributed by atoms with Crippen LogP contribution in [0.25, 0.3) is 0 Å². The van der Waals surface area contributed by atoms with Gasteiger partial charge in [-0.3, -0.25) is 0 Å². The zero-order valence-electron chi connectivity index (χ0n) is 14.0. The fraction of sp³-hybridized carbons (Fsp3) is 0.700. The van der Waals surface area contributed by atoms with Crippen LogP contribution in [0.4, 0.5) is 0 Å². The topological polar surface area (TPSA) is 52.0 Å². The minimum atomic E-state index is -0.248. The molecule has 0 aromatic rings. The number of hydrogen-bond acceptors (Lipinski definition) is 2. The summed E-state index contributed by atoms with van der Waals surface area (Å²) in [4.78, 5) is 0. The largest absolute Gasteiger partial charge is 0.321 e. The number of nitrogens with two attached hydrogens (primary N) is 2. The van der Waals surface area contributed by atoms with E-state index in [0.717, 1.165) is 24.7 Å². The molecule has 0 amide bonds. The van der Waals surface area contributed by atoms with Gasteiger partial charge in [0.25, 0.3) is 0 Å². The van der Waals surface area contributed by atoms with Gasteiger partial charge >= 0.3 is 0 Å². The van der Waals surface area contributed by atoms with Gasteiger partial charge in [0.15, 0.2) is 0 Å². The molecule has 7 atom stereocenters. The van der Waals surface area contributed by atoms with Crippen LogP contribution in [-0.2, 0) is 0 Å². The summed E-state index contributed by atoms with van der Waals surface area (Å²) in [6, 6.07) is 0. The van der Waals surface area contributed by atoms with Gasteiger partial charge in [0, 0.05) is 16.9 Å². The Morgan fingerprint density at radius 3 is 2.64 bits per heavy atom. The fourth-order valence-electron chi connectivity index (χ4n) is 6.80. The average molecular weight is 296 g/mol. The maximum atomic E-state index is 7.17. The van der Waals surface area contributed by atoms with Crippen LogP contribution in [0.1, 0.15) is 46.5 Å². The van der Waals surface area contributed by atoms with E-state index in [4.69, 9.17) is 11.5 Å². The molecule has 2 saturated carbocycles. The van der Waals surface area contributed by atoms with E-state index in [1.807, 2.05) is 0 Å². The first kappa shape index (κ1) is 13.6. The maximum absolute atomic E-state index is 7.17. The highest BCUT2D eigenvalue weighted by atomic mass is 15.0. The minimum Gasteiger partial charge on any atom is -0.321 e. The van der Waals surface area contributed by atoms with Gasteiger partial charge in [-0.2, -0.15) is 0 Å². The van der Waals surface area contributed by atoms with Gasteiger partial charge in [-0.25, -0.2) is 0 Å². The summed E-state index contributed by atoms with van der Waals surface area (Å²) >= 11 is 0. The molecule has 7 unspecified atom stereocenters. The number of fused-ring (bicyclic) bond motifs is 4. The van der Waals surface area contributed by atoms with Crippen molar-refractivity contribution in [3.05, 3.63) is 34.9 Å². The molecule has 5 rings (SSSR count). The van der Waals surface area contributed by atoms with Crippen LogP contribution in [0.3, 0.4) is 0 Å². The van der Waals surface area contributed by atoms with Crippen molar-refractivity contribution in [2.75, 3.05) is 0 Å². The molecule has 2 heteroatoms. The maximum Gasteiger partial charge on any atom is 0.0531 e. The normalized spacial score (nSPS) is 57.4. The Kier molecular flexibility index (Phi) is 2.23. The molecule has 2 fully saturated rings. The lowest BCUT2D eigenvalue weighted by atomic mass is 9.60. The quantitative estimate of drug-likeness (QED) is 0.729. The first-order valence-electron chi connectivity index (χ1n) is 9.09. The molecule has 2 nitrogen and oxygen atoms in total. The van der Waals surface area contributed by atoms with E-state index in [-0.39, 0.29) is 16.5 Å². The predicted octanol–water partition coefficient (Wildman–Crippen LogP) is 3.30. The zero-order chi connectivity index (χ0) is 15.5. The Bertz CT molecular complexity index is 671. The van der Waals surface area contributed by atoms with Gasteiger partial charge in [-0.05, 0) is 61.5 Å². The van der Waals surface area contributed by atoms with Gasteiger partial charge in [0.2, 0.25) is 0 Å². The third-order valence-electron chi connectivity index (χ3n) is 7.96. The van der Waals surface area contributed by atoms with Crippen molar-refractivity contribution in [1.29, 1.82) is 0 Å². The molecule has 0 aromatic heterocycles. The minimum absolute atomic E-state index is 0.107. The van der Waals surface area contributed by atoms with Gasteiger partial charge in [0.1, 0.15) is 0 Å². The van der Waals surface area contributed by atoms with E-state index >= 15 is 0 Å². The standard InChI is InChI=1S/C20H28N2/c1-4-13-8-18-10-15(18)11(2)7-20(18,22)16-6-5-14-12(3)17(14)19(16,21)9-13/h7,9-10,12,14,16-17H,4-6,8,21-22H2,1-3H3. The van der Waals surface area contributed by atoms with Crippen molar-refractivity contribution in [3.63, 3.8) is 0 Å². The fourth-order valence-corrected chi connectivity index (χ4v) is 6.80. The Labute approximate surface area is 133 Å². The molecule has 0 heterocycles. The highest BCUT2D eigenvalue weighted by molar-refractivity contribution is 5.66. The molecular formula is C20H28N2. The number of rotatable bonds is 1. The molecule has 5 aliphatic carbocycles. The molecule has 0 radical (unpaired) electrons. The van der Waals surface area contributed by atoms with Crippen molar-refractivity contribution < 1.29 is 0 Å². The molecule has 0 aliphatic heterocycles. The molecule has 118 valence electrons. The Hall–Kier alpha value is -0.860. The van der Waals surface area contributed by atoms with Gasteiger partial charge in [0.05, 0.1) is 5.54 Å². The Balaban J connectivity index is 1.69. The molecule has 0 saturated heterocycles. The number of allylic oxidation sites excluding steroid dienone is 2. The first-order chi connectivity index (χ1) is 10.4. The van der Waals surface area contributed by atoms with Crippen molar-refractivity contribution in [3.8, 4) is 0 Å². The second kappa shape index (κ2) is 3.62. The van der Waals surface area contributed by atoms with E-state index in [2.05, 4.69) is 39.0 Å². The van der Waals surface area contributed by atoms with Gasteiger partial charge < -0.3 is 11.5 Å². The smallest absolute Gasteiger partial charge is 0.0531 e. The summed E-state index contributed by atoms with van der Waals surface area (Å²) in [6.07, 6.45) is 12.0. The molecule has 1 spiro atoms. The lowest BCUT2D eigenvalue weighted by molar-refractivity contribution is 0.118. The van der Waals surface area contributed by atoms with E-state index < -0.39 is 0 Å².